The molecular weight excluding hydrogens is 678 g/mol. The monoisotopic (exact) mass is 725 g/mol. The number of nitrogens with one attached hydrogen (secondary N) is 1. The molecule has 2 aromatic heterocycles. The molecule has 1 unspecified atom stereocenters. The minimum atomic E-state index is -1.19. The number of benzene rings is 2. The van der Waals surface area contributed by atoms with Crippen LogP contribution in [0.25, 0.3) is 21.8 Å². The second-order valence-corrected chi connectivity index (χ2v) is 14.9. The van der Waals surface area contributed by atoms with Gasteiger partial charge in [0.15, 0.2) is 0 Å². The number of hydrogen-bond acceptors (Lipinski definition) is 10. The van der Waals surface area contributed by atoms with Gasteiger partial charge in [-0.15, -0.1) is 0 Å². The number of piperidine rings is 1. The molecule has 280 valence electrons. The number of aromatic nitrogens is 2. The summed E-state index contributed by atoms with van der Waals surface area (Å²) in [5, 5.41) is 14.2. The SMILES string of the molecule is CC(OC(=O)OC1CCCCC1)OC(=O)c1ccc2c(c1)c1cc(N3CCC[C@@H](NC(=O)OC(C)(C)C)C3)n(Cc3ccccc3C#N)c1c(=O)n2C. The lowest BCUT2D eigenvalue weighted by atomic mass is 9.98. The molecule has 1 aliphatic carbocycles. The minimum Gasteiger partial charge on any atom is -0.444 e. The van der Waals surface area contributed by atoms with Gasteiger partial charge in [0.05, 0.1) is 29.3 Å². The van der Waals surface area contributed by atoms with Gasteiger partial charge in [-0.3, -0.25) is 4.79 Å². The zero-order chi connectivity index (χ0) is 37.9. The molecule has 1 saturated heterocycles. The van der Waals surface area contributed by atoms with Crippen LogP contribution >= 0.6 is 0 Å². The highest BCUT2D eigenvalue weighted by atomic mass is 16.8. The molecular formula is C40H47N5O8. The van der Waals surface area contributed by atoms with Gasteiger partial charge in [0.1, 0.15) is 23.0 Å². The number of esters is 1. The summed E-state index contributed by atoms with van der Waals surface area (Å²) in [6.07, 6.45) is 3.44. The number of nitrogens with zero attached hydrogens (tertiary/aromatic N) is 4. The highest BCUT2D eigenvalue weighted by Crippen LogP contribution is 2.34. The number of aryl methyl sites for hydroxylation is 1. The van der Waals surface area contributed by atoms with Crippen molar-refractivity contribution in [2.45, 2.75) is 103 Å². The van der Waals surface area contributed by atoms with Crippen LogP contribution in [0.1, 0.15) is 94.1 Å². The van der Waals surface area contributed by atoms with Gasteiger partial charge in [-0.25, -0.2) is 14.4 Å². The first-order chi connectivity index (χ1) is 25.3. The number of fused-ring (bicyclic) bond motifs is 3. The first-order valence-electron chi connectivity index (χ1n) is 18.3. The molecule has 6 rings (SSSR count). The van der Waals surface area contributed by atoms with E-state index in [1.165, 1.54) is 6.92 Å². The van der Waals surface area contributed by atoms with Gasteiger partial charge in [0.2, 0.25) is 6.29 Å². The molecule has 1 amide bonds. The molecule has 13 heteroatoms. The van der Waals surface area contributed by atoms with E-state index >= 15 is 0 Å². The number of rotatable bonds is 8. The molecule has 53 heavy (non-hydrogen) atoms. The van der Waals surface area contributed by atoms with E-state index in [2.05, 4.69) is 16.3 Å². The van der Waals surface area contributed by atoms with Crippen molar-refractivity contribution in [2.24, 2.45) is 7.05 Å². The maximum Gasteiger partial charge on any atom is 0.511 e. The Morgan fingerprint density at radius 2 is 1.74 bits per heavy atom. The van der Waals surface area contributed by atoms with Gasteiger partial charge in [-0.1, -0.05) is 24.6 Å². The fraction of sp³-hybridized carbons (Fsp3) is 0.475. The molecule has 3 heterocycles. The average Bonchev–Trinajstić information content (AvgIpc) is 3.49. The van der Waals surface area contributed by atoms with Crippen LogP contribution in [0.5, 0.6) is 0 Å². The van der Waals surface area contributed by atoms with Crippen molar-refractivity contribution in [1.82, 2.24) is 14.5 Å². The predicted molar refractivity (Wildman–Crippen MR) is 199 cm³/mol. The molecule has 13 nitrogen and oxygen atoms in total. The van der Waals surface area contributed by atoms with E-state index in [0.717, 1.165) is 56.3 Å². The molecule has 0 bridgehead atoms. The first-order valence-corrected chi connectivity index (χ1v) is 18.3. The molecule has 1 N–H and O–H groups in total. The van der Waals surface area contributed by atoms with Crippen molar-refractivity contribution in [3.63, 3.8) is 0 Å². The molecule has 0 spiro atoms. The van der Waals surface area contributed by atoms with Gasteiger partial charge in [-0.2, -0.15) is 5.26 Å². The molecule has 1 aliphatic heterocycles. The minimum absolute atomic E-state index is 0.198. The van der Waals surface area contributed by atoms with E-state index in [-0.39, 0.29) is 29.8 Å². The highest BCUT2D eigenvalue weighted by molar-refractivity contribution is 6.09. The summed E-state index contributed by atoms with van der Waals surface area (Å²) >= 11 is 0. The fourth-order valence-corrected chi connectivity index (χ4v) is 7.27. The Balaban J connectivity index is 1.35. The van der Waals surface area contributed by atoms with Crippen LogP contribution in [-0.4, -0.2) is 64.5 Å². The zero-order valence-corrected chi connectivity index (χ0v) is 31.0. The van der Waals surface area contributed by atoms with Crippen molar-refractivity contribution < 1.29 is 33.3 Å². The summed E-state index contributed by atoms with van der Waals surface area (Å²) < 4.78 is 25.1. The molecule has 0 radical (unpaired) electrons. The average molecular weight is 726 g/mol. The van der Waals surface area contributed by atoms with Crippen LogP contribution < -0.4 is 15.8 Å². The Hall–Kier alpha value is -5.51. The fourth-order valence-electron chi connectivity index (χ4n) is 7.27. The Bertz CT molecular complexity index is 2120. The van der Waals surface area contributed by atoms with Crippen LogP contribution in [0.2, 0.25) is 0 Å². The van der Waals surface area contributed by atoms with Gasteiger partial charge >= 0.3 is 18.2 Å². The Morgan fingerprint density at radius 3 is 2.47 bits per heavy atom. The quantitative estimate of drug-likeness (QED) is 0.115. The van der Waals surface area contributed by atoms with Crippen LogP contribution in [0.4, 0.5) is 15.4 Å². The third kappa shape index (κ3) is 8.59. The summed E-state index contributed by atoms with van der Waals surface area (Å²) in [6, 6.07) is 16.2. The summed E-state index contributed by atoms with van der Waals surface area (Å²) in [4.78, 5) is 54.8. The number of ether oxygens (including phenoxy) is 4. The van der Waals surface area contributed by atoms with E-state index in [1.807, 2.05) is 43.5 Å². The Morgan fingerprint density at radius 1 is 0.981 bits per heavy atom. The molecule has 4 aromatic rings. The summed E-state index contributed by atoms with van der Waals surface area (Å²) in [5.74, 6) is 0.0288. The number of pyridine rings is 1. The third-order valence-corrected chi connectivity index (χ3v) is 9.75. The molecule has 2 atom stereocenters. The van der Waals surface area contributed by atoms with Gasteiger partial charge in [0, 0.05) is 43.9 Å². The summed E-state index contributed by atoms with van der Waals surface area (Å²) in [7, 11) is 1.68. The van der Waals surface area contributed by atoms with Crippen molar-refractivity contribution in [3.8, 4) is 6.07 Å². The van der Waals surface area contributed by atoms with Crippen molar-refractivity contribution in [1.29, 1.82) is 5.26 Å². The van der Waals surface area contributed by atoms with E-state index in [0.29, 0.717) is 40.5 Å². The molecule has 2 aromatic carbocycles. The van der Waals surface area contributed by atoms with E-state index in [1.54, 1.807) is 41.9 Å². The summed E-state index contributed by atoms with van der Waals surface area (Å²) in [5.41, 5.74) is 1.55. The normalized spacial score (nSPS) is 17.2. The van der Waals surface area contributed by atoms with Gasteiger partial charge in [-0.05, 0) is 95.2 Å². The van der Waals surface area contributed by atoms with Crippen molar-refractivity contribution >= 4 is 45.8 Å². The first kappa shape index (κ1) is 37.3. The largest absolute Gasteiger partial charge is 0.511 e. The summed E-state index contributed by atoms with van der Waals surface area (Å²) in [6.45, 7) is 8.27. The Kier molecular flexibility index (Phi) is 11.0. The van der Waals surface area contributed by atoms with Crippen molar-refractivity contribution in [3.05, 3.63) is 75.6 Å². The van der Waals surface area contributed by atoms with Crippen molar-refractivity contribution in [2.75, 3.05) is 18.0 Å². The number of alkyl carbamates (subject to hydrolysis) is 1. The number of carbonyl (C=O) groups is 3. The van der Waals surface area contributed by atoms with Gasteiger partial charge in [0.25, 0.3) is 5.56 Å². The highest BCUT2D eigenvalue weighted by Gasteiger charge is 2.29. The lowest BCUT2D eigenvalue weighted by molar-refractivity contribution is -0.0915. The van der Waals surface area contributed by atoms with E-state index in [4.69, 9.17) is 18.9 Å². The van der Waals surface area contributed by atoms with Crippen LogP contribution in [0.3, 0.4) is 0 Å². The predicted octanol–water partition coefficient (Wildman–Crippen LogP) is 6.90. The van der Waals surface area contributed by atoms with E-state index in [9.17, 15) is 24.4 Å². The third-order valence-electron chi connectivity index (χ3n) is 9.75. The standard InChI is InChI=1S/C40H47N5O8/c1-25(51-39(49)52-30-15-7-6-8-16-30)50-37(47)26-17-18-33-31(20-26)32-21-34(44-19-11-14-29(24-44)42-38(48)53-40(2,3)4)45(35(32)36(46)43(33)5)23-28-13-10-9-12-27(28)22-41/h9-10,12-13,17-18,20-21,25,29-30H,6-8,11,14-16,19,23-24H2,1-5H3,(H,42,48)/t25?,29-/m1/s1. The number of hydrogen-bond donors (Lipinski definition) is 1. The second kappa shape index (κ2) is 15.6. The lowest BCUT2D eigenvalue weighted by Crippen LogP contribution is -2.49. The van der Waals surface area contributed by atoms with Crippen LogP contribution in [0.15, 0.2) is 53.3 Å². The lowest BCUT2D eigenvalue weighted by Gasteiger charge is -2.35. The number of amides is 1. The zero-order valence-electron chi connectivity index (χ0n) is 31.0. The molecule has 1 saturated carbocycles. The smallest absolute Gasteiger partial charge is 0.444 e. The maximum atomic E-state index is 14.2. The number of carbonyl (C=O) groups excluding carboxylic acids is 3. The van der Waals surface area contributed by atoms with Crippen LogP contribution in [0, 0.1) is 11.3 Å². The molecule has 2 fully saturated rings. The van der Waals surface area contributed by atoms with E-state index < -0.39 is 30.1 Å². The van der Waals surface area contributed by atoms with Gasteiger partial charge < -0.3 is 38.3 Å². The topological polar surface area (TPSA) is 154 Å². The maximum absolute atomic E-state index is 14.2. The number of anilines is 1. The Labute approximate surface area is 308 Å². The second-order valence-electron chi connectivity index (χ2n) is 14.9. The molecule has 2 aliphatic rings. The van der Waals surface area contributed by atoms with Crippen LogP contribution in [-0.2, 0) is 32.5 Å². The number of nitriles is 1.